The zero-order valence-corrected chi connectivity index (χ0v) is 36.3. The van der Waals surface area contributed by atoms with Crippen LogP contribution in [0, 0.1) is 0 Å². The molecule has 22 heteroatoms. The molecule has 67 heavy (non-hydrogen) atoms. The number of likely N-dealkylation sites (N-methyl/N-ethyl adjacent to an activating group) is 1. The number of pyridine rings is 1. The molecule has 2 aliphatic heterocycles. The summed E-state index contributed by atoms with van der Waals surface area (Å²) in [6.45, 7) is 2.88. The third kappa shape index (κ3) is 10.6. The Morgan fingerprint density at radius 3 is 2.57 bits per heavy atom. The van der Waals surface area contributed by atoms with Crippen molar-refractivity contribution in [2.45, 2.75) is 63.3 Å². The second-order valence-corrected chi connectivity index (χ2v) is 16.4. The predicted molar refractivity (Wildman–Crippen MR) is 231 cm³/mol. The first-order chi connectivity index (χ1) is 32.0. The molecule has 1 unspecified atom stereocenters. The van der Waals surface area contributed by atoms with E-state index in [1.807, 2.05) is 18.2 Å². The summed E-state index contributed by atoms with van der Waals surface area (Å²) >= 11 is 0. The van der Waals surface area contributed by atoms with Gasteiger partial charge in [0, 0.05) is 69.6 Å². The second-order valence-electron chi connectivity index (χ2n) is 16.4. The number of hydrogen-bond donors (Lipinski definition) is 2. The van der Waals surface area contributed by atoms with E-state index >= 15 is 0 Å². The van der Waals surface area contributed by atoms with Crippen LogP contribution in [0.4, 0.5) is 27.6 Å². The number of aromatic nitrogens is 6. The van der Waals surface area contributed by atoms with E-state index < -0.39 is 42.6 Å². The summed E-state index contributed by atoms with van der Waals surface area (Å²) in [5.41, 5.74) is 1.79. The fourth-order valence-corrected chi connectivity index (χ4v) is 8.25. The zero-order chi connectivity index (χ0) is 47.6. The average Bonchev–Trinajstić information content (AvgIpc) is 4.03. The molecule has 4 aromatic heterocycles. The zero-order valence-electron chi connectivity index (χ0n) is 36.3. The number of alkyl halides is 5. The number of oxazole rings is 1. The van der Waals surface area contributed by atoms with Gasteiger partial charge in [0.1, 0.15) is 12.3 Å². The van der Waals surface area contributed by atoms with Crippen molar-refractivity contribution in [2.24, 2.45) is 7.05 Å². The number of hydrogen-bond acceptors (Lipinski definition) is 11. The highest BCUT2D eigenvalue weighted by atomic mass is 19.4. The lowest BCUT2D eigenvalue weighted by atomic mass is 10.0. The number of morpholine rings is 1. The number of anilines is 1. The molecular formula is C45H45F5N10O7. The van der Waals surface area contributed by atoms with Gasteiger partial charge in [-0.15, -0.1) is 0 Å². The number of ether oxygens (including phenoxy) is 1. The standard InChI is InChI=1S/C45H45F5N10O7/c1-56(22-31-23-58(18-19-66-31)17-3-4-26-5-10-34-36(20-26)57(2)44(65)60(34)35-11-12-37(61)54-41(35)63)43(64)27-6-8-30(9-7-27)59-24-32(38(55-59)39(46)47)52-40(62)33-25-67-42(53-33)28-14-16-51-29(21-28)13-15-45(48,49)50/h5-10,14,16,20-21,24-25,31,35,39H,3-4,11-13,15,17-19,22-23H2,1-2H3,(H,52,62)(H,54,61,63)/t31-,35?/m0/s1. The number of benzene rings is 2. The number of fused-ring (bicyclic) bond motifs is 1. The molecule has 2 saturated heterocycles. The van der Waals surface area contributed by atoms with Crippen molar-refractivity contribution in [1.82, 2.24) is 44.0 Å². The molecule has 0 aliphatic carbocycles. The van der Waals surface area contributed by atoms with Gasteiger partial charge in [-0.2, -0.15) is 18.3 Å². The third-order valence-corrected chi connectivity index (χ3v) is 11.7. The number of imide groups is 1. The summed E-state index contributed by atoms with van der Waals surface area (Å²) < 4.78 is 81.8. The first-order valence-corrected chi connectivity index (χ1v) is 21.4. The Bertz CT molecular complexity index is 2870. The van der Waals surface area contributed by atoms with E-state index in [1.54, 1.807) is 19.0 Å². The van der Waals surface area contributed by atoms with E-state index in [1.165, 1.54) is 57.9 Å². The van der Waals surface area contributed by atoms with Crippen LogP contribution in [0.2, 0.25) is 0 Å². The SMILES string of the molecule is CN(C[C@H]1CN(CCCc2ccc3c(c2)n(C)c(=O)n3C2CCC(=O)NC2=O)CCO1)C(=O)c1ccc(-n2cc(NC(=O)c3coc(-c4ccnc(CCC(F)(F)F)c4)n3)c(C(F)F)n2)cc1. The van der Waals surface area contributed by atoms with E-state index in [0.29, 0.717) is 42.0 Å². The number of amides is 4. The monoisotopic (exact) mass is 932 g/mol. The van der Waals surface area contributed by atoms with Crippen LogP contribution in [0.25, 0.3) is 28.2 Å². The van der Waals surface area contributed by atoms with Crippen LogP contribution >= 0.6 is 0 Å². The number of piperidine rings is 1. The summed E-state index contributed by atoms with van der Waals surface area (Å²) in [7, 11) is 3.33. The number of carbonyl (C=O) groups is 4. The van der Waals surface area contributed by atoms with Crippen LogP contribution in [-0.2, 0) is 34.2 Å². The minimum absolute atomic E-state index is 0.0858. The van der Waals surface area contributed by atoms with Crippen LogP contribution in [-0.4, -0.2) is 114 Å². The molecule has 17 nitrogen and oxygen atoms in total. The summed E-state index contributed by atoms with van der Waals surface area (Å²) in [6, 6.07) is 13.9. The molecule has 0 bridgehead atoms. The largest absolute Gasteiger partial charge is 0.444 e. The number of aryl methyl sites for hydroxylation is 3. The smallest absolute Gasteiger partial charge is 0.389 e. The quantitative estimate of drug-likeness (QED) is 0.0957. The van der Waals surface area contributed by atoms with Crippen molar-refractivity contribution in [3.05, 3.63) is 112 Å². The Labute approximate surface area is 378 Å². The lowest BCUT2D eigenvalue weighted by Gasteiger charge is -2.34. The molecule has 6 heterocycles. The minimum atomic E-state index is -4.37. The first-order valence-electron chi connectivity index (χ1n) is 21.4. The third-order valence-electron chi connectivity index (χ3n) is 11.7. The van der Waals surface area contributed by atoms with Crippen molar-refractivity contribution in [1.29, 1.82) is 0 Å². The van der Waals surface area contributed by atoms with Gasteiger partial charge in [-0.05, 0) is 86.3 Å². The number of imidazole rings is 1. The lowest BCUT2D eigenvalue weighted by molar-refractivity contribution is -0.136. The molecule has 4 amide bonds. The van der Waals surface area contributed by atoms with E-state index in [-0.39, 0.29) is 71.4 Å². The Hall–Kier alpha value is -7.07. The van der Waals surface area contributed by atoms with E-state index in [0.717, 1.165) is 42.4 Å². The highest BCUT2D eigenvalue weighted by Crippen LogP contribution is 2.29. The minimum Gasteiger partial charge on any atom is -0.444 e. The molecule has 0 spiro atoms. The van der Waals surface area contributed by atoms with Crippen molar-refractivity contribution in [3.63, 3.8) is 0 Å². The Morgan fingerprint density at radius 2 is 1.82 bits per heavy atom. The number of carbonyl (C=O) groups excluding carboxylic acids is 4. The number of nitrogens with zero attached hydrogens (tertiary/aromatic N) is 8. The fourth-order valence-electron chi connectivity index (χ4n) is 8.25. The van der Waals surface area contributed by atoms with Crippen LogP contribution in [0.5, 0.6) is 0 Å². The molecule has 6 aromatic rings. The maximum absolute atomic E-state index is 14.1. The van der Waals surface area contributed by atoms with Crippen molar-refractivity contribution >= 4 is 40.3 Å². The molecule has 2 atom stereocenters. The highest BCUT2D eigenvalue weighted by molar-refractivity contribution is 6.03. The molecule has 0 radical (unpaired) electrons. The van der Waals surface area contributed by atoms with E-state index in [2.05, 4.69) is 30.6 Å². The van der Waals surface area contributed by atoms with E-state index in [4.69, 9.17) is 9.15 Å². The second kappa shape index (κ2) is 19.4. The predicted octanol–water partition coefficient (Wildman–Crippen LogP) is 5.64. The Morgan fingerprint density at radius 1 is 1.03 bits per heavy atom. The van der Waals surface area contributed by atoms with Crippen molar-refractivity contribution in [2.75, 3.05) is 45.2 Å². The summed E-state index contributed by atoms with van der Waals surface area (Å²) in [5.74, 6) is -2.10. The van der Waals surface area contributed by atoms with Crippen LogP contribution in [0.15, 0.2) is 82.5 Å². The number of rotatable bonds is 15. The fraction of sp³-hybridized carbons (Fsp3) is 0.378. The topological polar surface area (TPSA) is 192 Å². The molecule has 0 saturated carbocycles. The van der Waals surface area contributed by atoms with Gasteiger partial charge in [0.2, 0.25) is 17.7 Å². The molecule has 2 aliphatic rings. The highest BCUT2D eigenvalue weighted by Gasteiger charge is 2.32. The Kier molecular flexibility index (Phi) is 13.5. The van der Waals surface area contributed by atoms with Gasteiger partial charge in [-0.1, -0.05) is 6.07 Å². The van der Waals surface area contributed by atoms with Crippen LogP contribution in [0.3, 0.4) is 0 Å². The first kappa shape index (κ1) is 46.5. The summed E-state index contributed by atoms with van der Waals surface area (Å²) in [5, 5.41) is 8.66. The molecule has 352 valence electrons. The molecule has 8 rings (SSSR count). The van der Waals surface area contributed by atoms with E-state index in [9.17, 15) is 45.9 Å². The molecular weight excluding hydrogens is 888 g/mol. The van der Waals surface area contributed by atoms with Gasteiger partial charge in [-0.25, -0.2) is 23.2 Å². The maximum Gasteiger partial charge on any atom is 0.389 e. The molecule has 2 fully saturated rings. The lowest BCUT2D eigenvalue weighted by Crippen LogP contribution is -2.48. The van der Waals surface area contributed by atoms with Gasteiger partial charge >= 0.3 is 11.9 Å². The normalized spacial score (nSPS) is 17.0. The van der Waals surface area contributed by atoms with Crippen molar-refractivity contribution in [3.8, 4) is 17.1 Å². The van der Waals surface area contributed by atoms with Crippen LogP contribution < -0.4 is 16.3 Å². The van der Waals surface area contributed by atoms with Gasteiger partial charge in [0.05, 0.1) is 41.3 Å². The summed E-state index contributed by atoms with van der Waals surface area (Å²) in [6.07, 6.45) is -3.70. The number of halogens is 5. The molecule has 2 aromatic carbocycles. The molecule has 2 N–H and O–H groups in total. The van der Waals surface area contributed by atoms with Gasteiger partial charge < -0.3 is 19.4 Å². The average molecular weight is 933 g/mol. The Balaban J connectivity index is 0.835. The van der Waals surface area contributed by atoms with Crippen molar-refractivity contribution < 1.29 is 50.3 Å². The maximum atomic E-state index is 14.1. The van der Waals surface area contributed by atoms with Gasteiger partial charge in [-0.3, -0.25) is 43.5 Å². The van der Waals surface area contributed by atoms with Gasteiger partial charge in [0.15, 0.2) is 11.4 Å². The van der Waals surface area contributed by atoms with Crippen LogP contribution in [0.1, 0.15) is 75.9 Å². The number of nitrogens with one attached hydrogen (secondary N) is 2. The summed E-state index contributed by atoms with van der Waals surface area (Å²) in [4.78, 5) is 75.8. The van der Waals surface area contributed by atoms with Gasteiger partial charge in [0.25, 0.3) is 18.2 Å².